The van der Waals surface area contributed by atoms with Gasteiger partial charge in [0.25, 0.3) is 5.91 Å². The van der Waals surface area contributed by atoms with E-state index >= 15 is 0 Å². The summed E-state index contributed by atoms with van der Waals surface area (Å²) in [5, 5.41) is 5.19. The molecule has 0 radical (unpaired) electrons. The molecular weight excluding hydrogens is 320 g/mol. The van der Waals surface area contributed by atoms with Gasteiger partial charge in [0.05, 0.1) is 5.56 Å². The topological polar surface area (TPSA) is 57.3 Å². The quantitative estimate of drug-likeness (QED) is 0.865. The summed E-state index contributed by atoms with van der Waals surface area (Å²) in [4.78, 5) is 16.7. The van der Waals surface area contributed by atoms with Crippen LogP contribution in [0.1, 0.15) is 43.0 Å². The highest BCUT2D eigenvalue weighted by Crippen LogP contribution is 2.18. The van der Waals surface area contributed by atoms with Crippen molar-refractivity contribution in [2.75, 3.05) is 25.0 Å². The van der Waals surface area contributed by atoms with E-state index in [0.717, 1.165) is 43.4 Å². The highest BCUT2D eigenvalue weighted by Gasteiger charge is 2.17. The number of carbonyl (C=O) groups is 1. The number of hydrazine groups is 1. The maximum atomic E-state index is 12.4. The van der Waals surface area contributed by atoms with E-state index in [1.165, 1.54) is 6.42 Å². The van der Waals surface area contributed by atoms with Gasteiger partial charge < -0.3 is 5.32 Å². The summed E-state index contributed by atoms with van der Waals surface area (Å²) in [6.07, 6.45) is 6.21. The molecule has 1 amide bonds. The summed E-state index contributed by atoms with van der Waals surface area (Å²) >= 11 is 3.37. The van der Waals surface area contributed by atoms with Gasteiger partial charge in [-0.25, -0.2) is 9.99 Å². The minimum Gasteiger partial charge on any atom is -0.369 e. The molecule has 0 unspecified atom stereocenters. The van der Waals surface area contributed by atoms with Crippen LogP contribution in [0.2, 0.25) is 0 Å². The largest absolute Gasteiger partial charge is 0.369 e. The van der Waals surface area contributed by atoms with E-state index < -0.39 is 0 Å². The fourth-order valence-corrected chi connectivity index (χ4v) is 2.54. The summed E-state index contributed by atoms with van der Waals surface area (Å²) in [5.74, 6) is 0.545. The molecule has 2 N–H and O–H groups in total. The number of carbonyl (C=O) groups excluding carboxylic acids is 1. The number of rotatable bonds is 5. The van der Waals surface area contributed by atoms with Crippen molar-refractivity contribution in [3.8, 4) is 0 Å². The van der Waals surface area contributed by atoms with Gasteiger partial charge in [-0.1, -0.05) is 13.3 Å². The number of nitrogens with one attached hydrogen (secondary N) is 2. The predicted octanol–water partition coefficient (Wildman–Crippen LogP) is 2.80. The zero-order valence-electron chi connectivity index (χ0n) is 11.8. The van der Waals surface area contributed by atoms with Crippen LogP contribution in [0.3, 0.4) is 0 Å². The van der Waals surface area contributed by atoms with Gasteiger partial charge in [-0.3, -0.25) is 10.2 Å². The lowest BCUT2D eigenvalue weighted by atomic mass is 10.2. The number of nitrogens with zero attached hydrogens (tertiary/aromatic N) is 2. The Kier molecular flexibility index (Phi) is 5.79. The number of amides is 1. The minimum absolute atomic E-state index is 0.0979. The number of anilines is 1. The van der Waals surface area contributed by atoms with Crippen molar-refractivity contribution >= 4 is 27.7 Å². The average molecular weight is 341 g/mol. The van der Waals surface area contributed by atoms with Crippen molar-refractivity contribution < 1.29 is 4.79 Å². The van der Waals surface area contributed by atoms with Crippen molar-refractivity contribution in [2.24, 2.45) is 0 Å². The van der Waals surface area contributed by atoms with Crippen molar-refractivity contribution in [3.63, 3.8) is 0 Å². The monoisotopic (exact) mass is 340 g/mol. The third-order valence-electron chi connectivity index (χ3n) is 3.26. The molecule has 2 heterocycles. The number of hydrogen-bond acceptors (Lipinski definition) is 4. The first-order valence-corrected chi connectivity index (χ1v) is 7.95. The first-order valence-electron chi connectivity index (χ1n) is 7.16. The molecule has 1 aliphatic heterocycles. The van der Waals surface area contributed by atoms with E-state index in [2.05, 4.69) is 38.6 Å². The lowest BCUT2D eigenvalue weighted by molar-refractivity contribution is 0.0750. The van der Waals surface area contributed by atoms with Crippen LogP contribution in [0.5, 0.6) is 0 Å². The van der Waals surface area contributed by atoms with Crippen molar-refractivity contribution in [1.82, 2.24) is 15.4 Å². The Balaban J connectivity index is 2.08. The maximum Gasteiger partial charge on any atom is 0.269 e. The molecule has 0 spiro atoms. The van der Waals surface area contributed by atoms with Gasteiger partial charge in [0.2, 0.25) is 0 Å². The second kappa shape index (κ2) is 7.59. The molecule has 0 saturated carbocycles. The Hall–Kier alpha value is -1.14. The first kappa shape index (κ1) is 15.3. The van der Waals surface area contributed by atoms with Crippen LogP contribution in [0.15, 0.2) is 16.7 Å². The first-order chi connectivity index (χ1) is 9.70. The molecule has 1 fully saturated rings. The second-order valence-electron chi connectivity index (χ2n) is 4.97. The van der Waals surface area contributed by atoms with Gasteiger partial charge in [0, 0.05) is 30.3 Å². The second-order valence-corrected chi connectivity index (χ2v) is 5.88. The lowest BCUT2D eigenvalue weighted by Gasteiger charge is -2.27. The van der Waals surface area contributed by atoms with Crippen molar-refractivity contribution in [2.45, 2.75) is 32.6 Å². The number of piperidine rings is 1. The SMILES string of the molecule is CCCNc1ncc(Br)cc1C(=O)NN1CCCCC1. The molecular formula is C14H21BrN4O. The number of halogens is 1. The van der Waals surface area contributed by atoms with Crippen LogP contribution in [0.4, 0.5) is 5.82 Å². The summed E-state index contributed by atoms with van der Waals surface area (Å²) in [6.45, 7) is 4.73. The smallest absolute Gasteiger partial charge is 0.269 e. The van der Waals surface area contributed by atoms with Crippen LogP contribution < -0.4 is 10.7 Å². The van der Waals surface area contributed by atoms with Crippen molar-refractivity contribution in [3.05, 3.63) is 22.3 Å². The van der Waals surface area contributed by atoms with Crippen LogP contribution in [-0.4, -0.2) is 35.5 Å². The molecule has 1 saturated heterocycles. The maximum absolute atomic E-state index is 12.4. The number of hydrogen-bond donors (Lipinski definition) is 2. The molecule has 0 bridgehead atoms. The van der Waals surface area contributed by atoms with Crippen LogP contribution in [0.25, 0.3) is 0 Å². The number of pyridine rings is 1. The molecule has 0 atom stereocenters. The van der Waals surface area contributed by atoms with Gasteiger partial charge in [-0.05, 0) is 41.3 Å². The van der Waals surface area contributed by atoms with E-state index in [1.807, 2.05) is 11.1 Å². The molecule has 0 aromatic carbocycles. The van der Waals surface area contributed by atoms with Crippen LogP contribution in [-0.2, 0) is 0 Å². The zero-order valence-corrected chi connectivity index (χ0v) is 13.4. The summed E-state index contributed by atoms with van der Waals surface area (Å²) in [5.41, 5.74) is 3.55. The Morgan fingerprint density at radius 2 is 2.15 bits per heavy atom. The number of aromatic nitrogens is 1. The Bertz CT molecular complexity index is 460. The van der Waals surface area contributed by atoms with E-state index in [1.54, 1.807) is 6.20 Å². The molecule has 5 nitrogen and oxygen atoms in total. The third-order valence-corrected chi connectivity index (χ3v) is 3.69. The highest BCUT2D eigenvalue weighted by molar-refractivity contribution is 9.10. The molecule has 20 heavy (non-hydrogen) atoms. The normalized spacial score (nSPS) is 15.9. The Morgan fingerprint density at radius 1 is 1.40 bits per heavy atom. The Labute approximate surface area is 128 Å². The molecule has 1 aromatic rings. The molecule has 1 aliphatic rings. The molecule has 6 heteroatoms. The van der Waals surface area contributed by atoms with Gasteiger partial charge in [-0.2, -0.15) is 0 Å². The predicted molar refractivity (Wildman–Crippen MR) is 83.6 cm³/mol. The van der Waals surface area contributed by atoms with Gasteiger partial charge in [-0.15, -0.1) is 0 Å². The standard InChI is InChI=1S/C14H21BrN4O/c1-2-6-16-13-12(9-11(15)10-17-13)14(20)18-19-7-4-3-5-8-19/h9-10H,2-8H2,1H3,(H,16,17)(H,18,20). The summed E-state index contributed by atoms with van der Waals surface area (Å²) in [7, 11) is 0. The van der Waals surface area contributed by atoms with E-state index in [0.29, 0.717) is 11.4 Å². The summed E-state index contributed by atoms with van der Waals surface area (Å²) < 4.78 is 0.809. The summed E-state index contributed by atoms with van der Waals surface area (Å²) in [6, 6.07) is 1.81. The van der Waals surface area contributed by atoms with E-state index in [4.69, 9.17) is 0 Å². The molecule has 110 valence electrons. The van der Waals surface area contributed by atoms with Gasteiger partial charge >= 0.3 is 0 Å². The fraction of sp³-hybridized carbons (Fsp3) is 0.571. The van der Waals surface area contributed by atoms with E-state index in [-0.39, 0.29) is 5.91 Å². The van der Waals surface area contributed by atoms with Gasteiger partial charge in [0.1, 0.15) is 5.82 Å². The van der Waals surface area contributed by atoms with Crippen molar-refractivity contribution in [1.29, 1.82) is 0 Å². The average Bonchev–Trinajstić information content (AvgIpc) is 2.47. The lowest BCUT2D eigenvalue weighted by Crippen LogP contribution is -2.45. The van der Waals surface area contributed by atoms with Gasteiger partial charge in [0.15, 0.2) is 0 Å². The molecule has 1 aromatic heterocycles. The third kappa shape index (κ3) is 4.18. The highest BCUT2D eigenvalue weighted by atomic mass is 79.9. The zero-order chi connectivity index (χ0) is 14.4. The molecule has 0 aliphatic carbocycles. The minimum atomic E-state index is -0.0979. The molecule has 2 rings (SSSR count). The van der Waals surface area contributed by atoms with Crippen LogP contribution >= 0.6 is 15.9 Å². The van der Waals surface area contributed by atoms with Crippen LogP contribution in [0, 0.1) is 0 Å². The van der Waals surface area contributed by atoms with E-state index in [9.17, 15) is 4.79 Å². The fourth-order valence-electron chi connectivity index (χ4n) is 2.21. The Morgan fingerprint density at radius 3 is 2.85 bits per heavy atom.